The van der Waals surface area contributed by atoms with Gasteiger partial charge in [-0.15, -0.1) is 0 Å². The van der Waals surface area contributed by atoms with Crippen molar-refractivity contribution in [1.82, 2.24) is 0 Å². The summed E-state index contributed by atoms with van der Waals surface area (Å²) < 4.78 is 47.0. The van der Waals surface area contributed by atoms with Gasteiger partial charge in [-0.3, -0.25) is 0 Å². The van der Waals surface area contributed by atoms with Crippen LogP contribution in [0.15, 0.2) is 24.3 Å². The number of hydrogen-bond acceptors (Lipinski definition) is 5. The summed E-state index contributed by atoms with van der Waals surface area (Å²) in [5.41, 5.74) is 0.0711. The molecule has 4 fully saturated rings. The molecule has 2 bridgehead atoms. The van der Waals surface area contributed by atoms with E-state index in [9.17, 15) is 18.4 Å². The number of rotatable bonds is 10. The van der Waals surface area contributed by atoms with Crippen LogP contribution in [0, 0.1) is 35.5 Å². The molecule has 8 heteroatoms. The van der Waals surface area contributed by atoms with Gasteiger partial charge in [0.25, 0.3) is 0 Å². The Morgan fingerprint density at radius 3 is 2.26 bits per heavy atom. The smallest absolute Gasteiger partial charge is 0.378 e. The molecule has 1 aromatic rings. The van der Waals surface area contributed by atoms with Crippen LogP contribution in [0.2, 0.25) is 0 Å². The molecule has 1 N–H and O–H groups in total. The Bertz CT molecular complexity index is 989. The molecule has 5 rings (SSSR count). The van der Waals surface area contributed by atoms with Crippen molar-refractivity contribution in [2.24, 2.45) is 35.5 Å². The number of carbonyl (C=O) groups is 2. The Morgan fingerprint density at radius 2 is 1.61 bits per heavy atom. The second-order valence-electron chi connectivity index (χ2n) is 12.2. The maximum atomic E-state index is 14.5. The van der Waals surface area contributed by atoms with E-state index in [-0.39, 0.29) is 17.6 Å². The van der Waals surface area contributed by atoms with E-state index in [0.717, 1.165) is 30.6 Å². The fourth-order valence-corrected chi connectivity index (χ4v) is 7.67. The first-order chi connectivity index (χ1) is 18.1. The maximum Gasteiger partial charge on any atom is 0.378 e. The van der Waals surface area contributed by atoms with Gasteiger partial charge in [-0.05, 0) is 86.5 Å². The summed E-state index contributed by atoms with van der Waals surface area (Å²) in [5.74, 6) is -4.36. The number of ether oxygens (including phenoxy) is 3. The van der Waals surface area contributed by atoms with Gasteiger partial charge in [-0.1, -0.05) is 39.5 Å². The average molecular weight is 535 g/mol. The molecule has 0 spiro atoms. The molecule has 0 saturated heterocycles. The first kappa shape index (κ1) is 27.4. The topological polar surface area (TPSA) is 82.1 Å². The first-order valence-corrected chi connectivity index (χ1v) is 14.4. The number of carboxylic acid groups (broad SMARTS) is 1. The molecule has 7 unspecified atom stereocenters. The van der Waals surface area contributed by atoms with Crippen LogP contribution in [0.1, 0.15) is 88.4 Å². The summed E-state index contributed by atoms with van der Waals surface area (Å²) in [6.45, 7) is 4.10. The molecule has 38 heavy (non-hydrogen) atoms. The molecule has 7 atom stereocenters. The van der Waals surface area contributed by atoms with E-state index in [2.05, 4.69) is 13.8 Å². The van der Waals surface area contributed by atoms with E-state index >= 15 is 0 Å². The van der Waals surface area contributed by atoms with E-state index in [1.165, 1.54) is 37.8 Å². The monoisotopic (exact) mass is 534 g/mol. The Hall–Kier alpha value is -2.22. The number of carboxylic acids is 1. The molecular formula is C30H40F2O6. The number of benzene rings is 1. The third-order valence-electron chi connectivity index (χ3n) is 9.52. The highest BCUT2D eigenvalue weighted by molar-refractivity contribution is 5.90. The highest BCUT2D eigenvalue weighted by atomic mass is 19.3. The number of carbonyl (C=O) groups excluding carboxylic acids is 1. The lowest BCUT2D eigenvalue weighted by Gasteiger charge is -2.35. The van der Waals surface area contributed by atoms with Crippen molar-refractivity contribution in [2.45, 2.75) is 102 Å². The van der Waals surface area contributed by atoms with E-state index < -0.39 is 36.2 Å². The normalized spacial score (nSPS) is 30.7. The quantitative estimate of drug-likeness (QED) is 0.265. The van der Waals surface area contributed by atoms with Gasteiger partial charge in [0.1, 0.15) is 5.75 Å². The van der Waals surface area contributed by atoms with Crippen molar-refractivity contribution >= 4 is 11.9 Å². The molecule has 6 nitrogen and oxygen atoms in total. The van der Waals surface area contributed by atoms with Gasteiger partial charge in [0, 0.05) is 11.8 Å². The van der Waals surface area contributed by atoms with Crippen LogP contribution in [0.3, 0.4) is 0 Å². The van der Waals surface area contributed by atoms with Gasteiger partial charge < -0.3 is 19.3 Å². The van der Waals surface area contributed by atoms with Gasteiger partial charge in [0.2, 0.25) is 6.29 Å². The Labute approximate surface area is 223 Å². The number of alkyl halides is 2. The molecule has 0 radical (unpaired) electrons. The summed E-state index contributed by atoms with van der Waals surface area (Å²) in [7, 11) is 0. The maximum absolute atomic E-state index is 14.5. The largest absolute Gasteiger partial charge is 0.477 e. The van der Waals surface area contributed by atoms with Crippen molar-refractivity contribution in [3.8, 4) is 5.75 Å². The Kier molecular flexibility index (Phi) is 7.99. The second-order valence-corrected chi connectivity index (χ2v) is 12.2. The van der Waals surface area contributed by atoms with Crippen molar-refractivity contribution in [3.05, 3.63) is 29.8 Å². The minimum atomic E-state index is -4.15. The third kappa shape index (κ3) is 5.43. The predicted molar refractivity (Wildman–Crippen MR) is 136 cm³/mol. The number of fused-ring (bicyclic) bond motifs is 5. The molecule has 4 aliphatic rings. The number of halogens is 2. The minimum absolute atomic E-state index is 0.0711. The second kappa shape index (κ2) is 11.1. The molecule has 0 heterocycles. The molecule has 210 valence electrons. The van der Waals surface area contributed by atoms with Crippen molar-refractivity contribution in [3.63, 3.8) is 0 Å². The average Bonchev–Trinajstić information content (AvgIpc) is 3.62. The van der Waals surface area contributed by atoms with Crippen molar-refractivity contribution in [2.75, 3.05) is 0 Å². The minimum Gasteiger partial charge on any atom is -0.477 e. The molecule has 4 saturated carbocycles. The lowest BCUT2D eigenvalue weighted by molar-refractivity contribution is -0.189. The summed E-state index contributed by atoms with van der Waals surface area (Å²) in [5, 5.41) is 9.10. The fraction of sp³-hybridized carbons (Fsp3) is 0.733. The first-order valence-electron chi connectivity index (χ1n) is 14.4. The van der Waals surface area contributed by atoms with Crippen molar-refractivity contribution < 1.29 is 37.7 Å². The zero-order chi connectivity index (χ0) is 27.0. The van der Waals surface area contributed by atoms with Crippen LogP contribution in [0.4, 0.5) is 8.78 Å². The SMILES string of the molecule is CC(C)C(Oc1ccc(C(=O)OC(C2CCCCC2)C(F)(F)C(=O)O)cc1)OC1CC2CC1C1CCCC21. The zero-order valence-corrected chi connectivity index (χ0v) is 22.3. The van der Waals surface area contributed by atoms with E-state index in [4.69, 9.17) is 19.3 Å². The number of esters is 1. The third-order valence-corrected chi connectivity index (χ3v) is 9.52. The highest BCUT2D eigenvalue weighted by Gasteiger charge is 2.55. The van der Waals surface area contributed by atoms with Crippen LogP contribution in [0.5, 0.6) is 5.75 Å². The van der Waals surface area contributed by atoms with Gasteiger partial charge >= 0.3 is 17.9 Å². The predicted octanol–water partition coefficient (Wildman–Crippen LogP) is 6.71. The van der Waals surface area contributed by atoms with Gasteiger partial charge in [-0.25, -0.2) is 9.59 Å². The van der Waals surface area contributed by atoms with Crippen LogP contribution < -0.4 is 4.74 Å². The number of hydrogen-bond donors (Lipinski definition) is 1. The fourth-order valence-electron chi connectivity index (χ4n) is 7.67. The molecule has 0 aliphatic heterocycles. The lowest BCUT2D eigenvalue weighted by Crippen LogP contribution is -2.48. The van der Waals surface area contributed by atoms with E-state index in [0.29, 0.717) is 37.4 Å². The van der Waals surface area contributed by atoms with Crippen LogP contribution in [-0.4, -0.2) is 41.5 Å². The highest BCUT2D eigenvalue weighted by Crippen LogP contribution is 2.59. The Morgan fingerprint density at radius 1 is 0.921 bits per heavy atom. The van der Waals surface area contributed by atoms with Crippen molar-refractivity contribution in [1.29, 1.82) is 0 Å². The summed E-state index contributed by atoms with van der Waals surface area (Å²) in [6, 6.07) is 6.14. The van der Waals surface area contributed by atoms with Crippen LogP contribution in [0.25, 0.3) is 0 Å². The van der Waals surface area contributed by atoms with E-state index in [1.807, 2.05) is 0 Å². The molecule has 0 amide bonds. The molecule has 4 aliphatic carbocycles. The van der Waals surface area contributed by atoms with Gasteiger partial charge in [0.05, 0.1) is 11.7 Å². The summed E-state index contributed by atoms with van der Waals surface area (Å²) in [6.07, 6.45) is 7.33. The summed E-state index contributed by atoms with van der Waals surface area (Å²) in [4.78, 5) is 24.1. The van der Waals surface area contributed by atoms with E-state index in [1.54, 1.807) is 12.1 Å². The summed E-state index contributed by atoms with van der Waals surface area (Å²) >= 11 is 0. The lowest BCUT2D eigenvalue weighted by atomic mass is 9.80. The van der Waals surface area contributed by atoms with Crippen LogP contribution in [-0.2, 0) is 14.3 Å². The van der Waals surface area contributed by atoms with Gasteiger partial charge in [-0.2, -0.15) is 8.78 Å². The van der Waals surface area contributed by atoms with Gasteiger partial charge in [0.15, 0.2) is 6.10 Å². The molecular weight excluding hydrogens is 494 g/mol. The Balaban J connectivity index is 1.21. The van der Waals surface area contributed by atoms with Crippen LogP contribution >= 0.6 is 0 Å². The number of aliphatic carboxylic acids is 1. The standard InChI is InChI=1S/C30H40F2O6/c1-17(2)28(37-25-16-20-15-24(25)23-10-6-9-22(20)23)36-21-13-11-19(12-14-21)27(33)38-26(30(31,32)29(34)35)18-7-4-3-5-8-18/h11-14,17-18,20,22-26,28H,3-10,15-16H2,1-2H3,(H,34,35). The zero-order valence-electron chi connectivity index (χ0n) is 22.3. The molecule has 0 aromatic heterocycles. The molecule has 1 aromatic carbocycles.